The smallest absolute Gasteiger partial charge is 0.124 e. The zero-order chi connectivity index (χ0) is 9.97. The predicted octanol–water partition coefficient (Wildman–Crippen LogP) is 2.02. The average molecular weight is 193 g/mol. The fourth-order valence-corrected chi connectivity index (χ4v) is 1.41. The molecule has 0 saturated heterocycles. The lowest BCUT2D eigenvalue weighted by Gasteiger charge is -2.10. The van der Waals surface area contributed by atoms with Crippen molar-refractivity contribution in [3.8, 4) is 5.75 Å². The first kappa shape index (κ1) is 9.49. The highest BCUT2D eigenvalue weighted by atomic mass is 16.5. The number of hydrogen-bond donors (Lipinski definition) is 2. The maximum Gasteiger partial charge on any atom is 0.124 e. The molecule has 0 aromatic heterocycles. The van der Waals surface area contributed by atoms with Crippen molar-refractivity contribution in [3.05, 3.63) is 29.3 Å². The van der Waals surface area contributed by atoms with Crippen molar-refractivity contribution in [1.29, 1.82) is 0 Å². The Morgan fingerprint density at radius 3 is 2.93 bits per heavy atom. The summed E-state index contributed by atoms with van der Waals surface area (Å²) in [7, 11) is 0. The highest BCUT2D eigenvalue weighted by molar-refractivity contribution is 5.37. The van der Waals surface area contributed by atoms with E-state index in [2.05, 4.69) is 5.48 Å². The molecule has 1 aliphatic carbocycles. The van der Waals surface area contributed by atoms with E-state index in [9.17, 15) is 0 Å². The van der Waals surface area contributed by atoms with E-state index in [0.29, 0.717) is 12.6 Å². The third kappa shape index (κ3) is 2.25. The van der Waals surface area contributed by atoms with Gasteiger partial charge >= 0.3 is 0 Å². The molecule has 3 heteroatoms. The number of nitrogens with one attached hydrogen (secondary N) is 1. The first-order valence-electron chi connectivity index (χ1n) is 4.93. The molecule has 3 nitrogen and oxygen atoms in total. The van der Waals surface area contributed by atoms with Crippen LogP contribution in [-0.2, 0) is 6.54 Å². The maximum atomic E-state index is 8.68. The lowest BCUT2D eigenvalue weighted by atomic mass is 10.1. The quantitative estimate of drug-likeness (QED) is 0.719. The number of aryl methyl sites for hydroxylation is 1. The number of benzene rings is 1. The number of rotatable bonds is 4. The molecular weight excluding hydrogens is 178 g/mol. The molecule has 0 bridgehead atoms. The summed E-state index contributed by atoms with van der Waals surface area (Å²) < 4.78 is 5.71. The second-order valence-corrected chi connectivity index (χ2v) is 3.76. The third-order valence-corrected chi connectivity index (χ3v) is 2.30. The largest absolute Gasteiger partial charge is 0.490 e. The molecule has 1 aromatic rings. The fourth-order valence-electron chi connectivity index (χ4n) is 1.41. The van der Waals surface area contributed by atoms with E-state index in [1.807, 2.05) is 25.1 Å². The lowest BCUT2D eigenvalue weighted by Crippen LogP contribution is -2.09. The van der Waals surface area contributed by atoms with E-state index >= 15 is 0 Å². The standard InChI is InChI=1S/C11H15NO2/c1-8-2-5-11(14-10-3-4-10)9(6-8)7-12-13/h2,5-6,10,12-13H,3-4,7H2,1H3. The Bertz CT molecular complexity index is 321. The Balaban J connectivity index is 2.17. The molecule has 0 radical (unpaired) electrons. The first-order valence-corrected chi connectivity index (χ1v) is 4.93. The van der Waals surface area contributed by atoms with Gasteiger partial charge in [0.25, 0.3) is 0 Å². The lowest BCUT2D eigenvalue weighted by molar-refractivity contribution is 0.159. The van der Waals surface area contributed by atoms with Crippen molar-refractivity contribution in [2.24, 2.45) is 0 Å². The number of hydrogen-bond acceptors (Lipinski definition) is 3. The topological polar surface area (TPSA) is 41.5 Å². The van der Waals surface area contributed by atoms with Gasteiger partial charge in [0, 0.05) is 12.1 Å². The Kier molecular flexibility index (Phi) is 2.70. The summed E-state index contributed by atoms with van der Waals surface area (Å²) in [4.78, 5) is 0. The Labute approximate surface area is 83.7 Å². The molecule has 0 amide bonds. The van der Waals surface area contributed by atoms with Gasteiger partial charge in [-0.2, -0.15) is 0 Å². The summed E-state index contributed by atoms with van der Waals surface area (Å²) in [5.41, 5.74) is 4.36. The normalized spacial score (nSPS) is 15.6. The van der Waals surface area contributed by atoms with E-state index in [1.54, 1.807) is 0 Å². The number of hydroxylamine groups is 1. The molecule has 1 saturated carbocycles. The summed E-state index contributed by atoms with van der Waals surface area (Å²) in [6, 6.07) is 6.03. The van der Waals surface area contributed by atoms with Crippen LogP contribution in [0.25, 0.3) is 0 Å². The van der Waals surface area contributed by atoms with E-state index in [-0.39, 0.29) is 0 Å². The predicted molar refractivity (Wildman–Crippen MR) is 53.5 cm³/mol. The van der Waals surface area contributed by atoms with Crippen LogP contribution in [0.15, 0.2) is 18.2 Å². The second kappa shape index (κ2) is 3.98. The fraction of sp³-hybridized carbons (Fsp3) is 0.455. The maximum absolute atomic E-state index is 8.68. The zero-order valence-electron chi connectivity index (χ0n) is 8.29. The van der Waals surface area contributed by atoms with E-state index in [1.165, 1.54) is 5.56 Å². The van der Waals surface area contributed by atoms with Crippen LogP contribution in [0.3, 0.4) is 0 Å². The van der Waals surface area contributed by atoms with Gasteiger partial charge in [0.05, 0.1) is 6.10 Å². The first-order chi connectivity index (χ1) is 6.79. The van der Waals surface area contributed by atoms with Gasteiger partial charge in [-0.1, -0.05) is 17.7 Å². The van der Waals surface area contributed by atoms with Crippen molar-refractivity contribution in [3.63, 3.8) is 0 Å². The van der Waals surface area contributed by atoms with Crippen LogP contribution < -0.4 is 10.2 Å². The zero-order valence-corrected chi connectivity index (χ0v) is 8.29. The average Bonchev–Trinajstić information content (AvgIpc) is 2.94. The summed E-state index contributed by atoms with van der Waals surface area (Å²) >= 11 is 0. The Hall–Kier alpha value is -1.06. The van der Waals surface area contributed by atoms with E-state index in [0.717, 1.165) is 24.2 Å². The van der Waals surface area contributed by atoms with Crippen molar-refractivity contribution < 1.29 is 9.94 Å². The molecule has 0 heterocycles. The molecule has 2 rings (SSSR count). The molecule has 2 N–H and O–H groups in total. The summed E-state index contributed by atoms with van der Waals surface area (Å²) in [5, 5.41) is 8.68. The van der Waals surface area contributed by atoms with Crippen molar-refractivity contribution in [2.45, 2.75) is 32.4 Å². The van der Waals surface area contributed by atoms with Gasteiger partial charge < -0.3 is 9.94 Å². The van der Waals surface area contributed by atoms with Crippen LogP contribution in [0.2, 0.25) is 0 Å². The monoisotopic (exact) mass is 193 g/mol. The molecule has 0 aliphatic heterocycles. The van der Waals surface area contributed by atoms with Crippen LogP contribution >= 0.6 is 0 Å². The van der Waals surface area contributed by atoms with Gasteiger partial charge in [-0.3, -0.25) is 0 Å². The van der Waals surface area contributed by atoms with Crippen LogP contribution in [0.1, 0.15) is 24.0 Å². The molecule has 14 heavy (non-hydrogen) atoms. The third-order valence-electron chi connectivity index (χ3n) is 2.30. The van der Waals surface area contributed by atoms with Crippen LogP contribution in [0.5, 0.6) is 5.75 Å². The minimum atomic E-state index is 0.398. The minimum absolute atomic E-state index is 0.398. The molecule has 0 unspecified atom stereocenters. The van der Waals surface area contributed by atoms with Crippen molar-refractivity contribution >= 4 is 0 Å². The van der Waals surface area contributed by atoms with Crippen LogP contribution in [-0.4, -0.2) is 11.3 Å². The van der Waals surface area contributed by atoms with Gasteiger partial charge in [0.1, 0.15) is 5.75 Å². The van der Waals surface area contributed by atoms with Gasteiger partial charge in [0.2, 0.25) is 0 Å². The van der Waals surface area contributed by atoms with E-state index in [4.69, 9.17) is 9.94 Å². The SMILES string of the molecule is Cc1ccc(OC2CC2)c(CNO)c1. The van der Waals surface area contributed by atoms with Crippen LogP contribution in [0.4, 0.5) is 0 Å². The van der Waals surface area contributed by atoms with Crippen LogP contribution in [0, 0.1) is 6.92 Å². The highest BCUT2D eigenvalue weighted by Gasteiger charge is 2.24. The molecule has 0 spiro atoms. The molecule has 0 atom stereocenters. The molecule has 1 aliphatic rings. The Morgan fingerprint density at radius 1 is 1.50 bits per heavy atom. The minimum Gasteiger partial charge on any atom is -0.490 e. The van der Waals surface area contributed by atoms with Gasteiger partial charge in [-0.15, -0.1) is 0 Å². The number of ether oxygens (including phenoxy) is 1. The van der Waals surface area contributed by atoms with Crippen molar-refractivity contribution in [2.75, 3.05) is 0 Å². The highest BCUT2D eigenvalue weighted by Crippen LogP contribution is 2.29. The molecule has 1 aromatic carbocycles. The van der Waals surface area contributed by atoms with Gasteiger partial charge in [-0.05, 0) is 25.8 Å². The van der Waals surface area contributed by atoms with E-state index < -0.39 is 0 Å². The summed E-state index contributed by atoms with van der Waals surface area (Å²) in [6.07, 6.45) is 2.70. The Morgan fingerprint density at radius 2 is 2.29 bits per heavy atom. The molecular formula is C11H15NO2. The summed E-state index contributed by atoms with van der Waals surface area (Å²) in [5.74, 6) is 0.889. The molecule has 76 valence electrons. The van der Waals surface area contributed by atoms with Gasteiger partial charge in [-0.25, -0.2) is 5.48 Å². The second-order valence-electron chi connectivity index (χ2n) is 3.76. The van der Waals surface area contributed by atoms with Gasteiger partial charge in [0.15, 0.2) is 0 Å². The summed E-state index contributed by atoms with van der Waals surface area (Å²) in [6.45, 7) is 2.46. The molecule has 1 fully saturated rings. The van der Waals surface area contributed by atoms with Crippen molar-refractivity contribution in [1.82, 2.24) is 5.48 Å².